The fourth-order valence-electron chi connectivity index (χ4n) is 1.73. The first-order chi connectivity index (χ1) is 7.70. The van der Waals surface area contributed by atoms with Crippen molar-refractivity contribution in [2.45, 2.75) is 13.8 Å². The maximum Gasteiger partial charge on any atom is -0.000532 e. The van der Waals surface area contributed by atoms with Gasteiger partial charge in [0.05, 0.1) is 0 Å². The quantitative estimate of drug-likeness (QED) is 0.657. The van der Waals surface area contributed by atoms with Crippen molar-refractivity contribution in [3.05, 3.63) is 64.2 Å². The second-order valence-electron chi connectivity index (χ2n) is 3.95. The lowest BCUT2D eigenvalue weighted by atomic mass is 10.0. The fourth-order valence-corrected chi connectivity index (χ4v) is 3.92. The van der Waals surface area contributed by atoms with Crippen LogP contribution < -0.4 is 0 Å². The minimum Gasteiger partial charge on any atom is -0.132 e. The van der Waals surface area contributed by atoms with Crippen molar-refractivity contribution in [2.24, 2.45) is 0 Å². The molecule has 2 aromatic rings. The minimum absolute atomic E-state index is 0.810. The van der Waals surface area contributed by atoms with E-state index in [2.05, 4.69) is 56.3 Å². The summed E-state index contributed by atoms with van der Waals surface area (Å²) < 4.78 is 0. The standard InChI is InChI=1S/C14H16P2/c1-10(2)11(3)14(12-6-4-8-15-12)13-7-5-9-16-13/h4-9,15-16H,1H2,2-3H3. The van der Waals surface area contributed by atoms with Crippen LogP contribution in [0.3, 0.4) is 0 Å². The molecule has 0 aromatic carbocycles. The molecule has 0 saturated carbocycles. The lowest BCUT2D eigenvalue weighted by Gasteiger charge is -2.10. The summed E-state index contributed by atoms with van der Waals surface area (Å²) in [5.41, 5.74) is 3.94. The molecule has 2 heteroatoms. The van der Waals surface area contributed by atoms with Gasteiger partial charge in [-0.2, -0.15) is 0 Å². The molecule has 0 N–H and O–H groups in total. The third-order valence-corrected chi connectivity index (χ3v) is 4.92. The molecule has 16 heavy (non-hydrogen) atoms. The number of allylic oxidation sites excluding steroid dienone is 2. The molecule has 0 fully saturated rings. The summed E-state index contributed by atoms with van der Waals surface area (Å²) in [6.07, 6.45) is 0. The summed E-state index contributed by atoms with van der Waals surface area (Å²) in [5, 5.41) is 2.92. The van der Waals surface area contributed by atoms with Crippen molar-refractivity contribution in [1.29, 1.82) is 0 Å². The monoisotopic (exact) mass is 246 g/mol. The first-order valence-corrected chi connectivity index (χ1v) is 7.50. The van der Waals surface area contributed by atoms with E-state index in [1.807, 2.05) is 0 Å². The van der Waals surface area contributed by atoms with Crippen LogP contribution in [0.25, 0.3) is 5.57 Å². The van der Waals surface area contributed by atoms with Crippen LogP contribution in [-0.2, 0) is 0 Å². The van der Waals surface area contributed by atoms with Gasteiger partial charge in [-0.05, 0) is 47.2 Å². The average Bonchev–Trinajstić information content (AvgIpc) is 2.89. The molecule has 0 aliphatic rings. The molecule has 2 heterocycles. The molecule has 0 aliphatic heterocycles. The first-order valence-electron chi connectivity index (χ1n) is 5.34. The van der Waals surface area contributed by atoms with Gasteiger partial charge in [0.15, 0.2) is 0 Å². The maximum absolute atomic E-state index is 4.07. The Balaban J connectivity index is 2.60. The Morgan fingerprint density at radius 1 is 1.00 bits per heavy atom. The molecule has 0 spiro atoms. The van der Waals surface area contributed by atoms with Crippen molar-refractivity contribution in [1.82, 2.24) is 0 Å². The number of rotatable bonds is 3. The Bertz CT molecular complexity index is 463. The summed E-state index contributed by atoms with van der Waals surface area (Å²) >= 11 is 0. The highest BCUT2D eigenvalue weighted by atomic mass is 31.0. The normalized spacial score (nSPS) is 11.1. The molecular formula is C14H16P2. The minimum atomic E-state index is 0.810. The van der Waals surface area contributed by atoms with E-state index in [4.69, 9.17) is 0 Å². The highest BCUT2D eigenvalue weighted by Crippen LogP contribution is 2.38. The summed E-state index contributed by atoms with van der Waals surface area (Å²) in [5.74, 6) is 4.49. The van der Waals surface area contributed by atoms with Crippen molar-refractivity contribution in [2.75, 3.05) is 0 Å². The van der Waals surface area contributed by atoms with Crippen LogP contribution in [-0.4, -0.2) is 0 Å². The zero-order valence-corrected chi connectivity index (χ0v) is 11.7. The Morgan fingerprint density at radius 2 is 1.50 bits per heavy atom. The Labute approximate surface area is 100 Å². The molecular weight excluding hydrogens is 230 g/mol. The van der Waals surface area contributed by atoms with Gasteiger partial charge < -0.3 is 0 Å². The lowest BCUT2D eigenvalue weighted by Crippen LogP contribution is -1.87. The molecule has 2 aromatic heterocycles. The molecule has 2 unspecified atom stereocenters. The van der Waals surface area contributed by atoms with Crippen LogP contribution in [0.5, 0.6) is 0 Å². The average molecular weight is 246 g/mol. The highest BCUT2D eigenvalue weighted by Gasteiger charge is 2.09. The third kappa shape index (κ3) is 2.24. The molecule has 0 saturated heterocycles. The van der Waals surface area contributed by atoms with E-state index in [1.165, 1.54) is 27.3 Å². The smallest absolute Gasteiger partial charge is 0.000532 e. The summed E-state index contributed by atoms with van der Waals surface area (Å²) in [7, 11) is 1.62. The van der Waals surface area contributed by atoms with Gasteiger partial charge in [0.2, 0.25) is 0 Å². The van der Waals surface area contributed by atoms with E-state index in [9.17, 15) is 0 Å². The van der Waals surface area contributed by atoms with Crippen LogP contribution >= 0.6 is 16.4 Å². The van der Waals surface area contributed by atoms with E-state index in [-0.39, 0.29) is 0 Å². The van der Waals surface area contributed by atoms with Gasteiger partial charge in [-0.25, -0.2) is 0 Å². The largest absolute Gasteiger partial charge is 0.132 e. The van der Waals surface area contributed by atoms with Gasteiger partial charge in [0.1, 0.15) is 0 Å². The predicted octanol–water partition coefficient (Wildman–Crippen LogP) is 5.15. The predicted molar refractivity (Wildman–Crippen MR) is 78.4 cm³/mol. The summed E-state index contributed by atoms with van der Waals surface area (Å²) in [6, 6.07) is 8.80. The van der Waals surface area contributed by atoms with Crippen molar-refractivity contribution < 1.29 is 0 Å². The van der Waals surface area contributed by atoms with E-state index in [1.54, 1.807) is 0 Å². The van der Waals surface area contributed by atoms with Gasteiger partial charge in [0.25, 0.3) is 0 Å². The van der Waals surface area contributed by atoms with Crippen LogP contribution in [0.4, 0.5) is 0 Å². The van der Waals surface area contributed by atoms with Gasteiger partial charge >= 0.3 is 0 Å². The maximum atomic E-state index is 4.07. The highest BCUT2D eigenvalue weighted by molar-refractivity contribution is 7.33. The SMILES string of the molecule is C=C(C)C(C)=C(c1ccc[pH]1)c1ccc[pH]1. The van der Waals surface area contributed by atoms with E-state index < -0.39 is 0 Å². The third-order valence-electron chi connectivity index (χ3n) is 2.75. The molecule has 0 bridgehead atoms. The zero-order valence-electron chi connectivity index (χ0n) is 9.67. The van der Waals surface area contributed by atoms with Crippen LogP contribution in [0.1, 0.15) is 24.4 Å². The molecule has 2 rings (SSSR count). The molecule has 82 valence electrons. The molecule has 0 nitrogen and oxygen atoms in total. The van der Waals surface area contributed by atoms with Crippen LogP contribution in [0, 0.1) is 0 Å². The lowest BCUT2D eigenvalue weighted by molar-refractivity contribution is 1.37. The number of hydrogen-bond acceptors (Lipinski definition) is 0. The van der Waals surface area contributed by atoms with Crippen LogP contribution in [0.2, 0.25) is 0 Å². The second kappa shape index (κ2) is 4.91. The van der Waals surface area contributed by atoms with Gasteiger partial charge in [-0.15, -0.1) is 16.4 Å². The molecule has 2 atom stereocenters. The van der Waals surface area contributed by atoms with Gasteiger partial charge in [-0.1, -0.05) is 36.4 Å². The van der Waals surface area contributed by atoms with Crippen molar-refractivity contribution in [3.63, 3.8) is 0 Å². The topological polar surface area (TPSA) is 0 Å². The molecule has 0 radical (unpaired) electrons. The Morgan fingerprint density at radius 3 is 1.81 bits per heavy atom. The zero-order chi connectivity index (χ0) is 11.5. The second-order valence-corrected chi connectivity index (χ2v) is 6.27. The fraction of sp³-hybridized carbons (Fsp3) is 0.143. The van der Waals surface area contributed by atoms with Gasteiger partial charge in [-0.3, -0.25) is 0 Å². The van der Waals surface area contributed by atoms with Gasteiger partial charge in [0, 0.05) is 0 Å². The Hall–Kier alpha value is -0.960. The molecule has 0 aliphatic carbocycles. The molecule has 0 amide bonds. The van der Waals surface area contributed by atoms with E-state index >= 15 is 0 Å². The van der Waals surface area contributed by atoms with Crippen molar-refractivity contribution in [3.8, 4) is 0 Å². The summed E-state index contributed by atoms with van der Waals surface area (Å²) in [6.45, 7) is 8.35. The van der Waals surface area contributed by atoms with Crippen LogP contribution in [0.15, 0.2) is 53.6 Å². The number of hydrogen-bond donors (Lipinski definition) is 0. The van der Waals surface area contributed by atoms with E-state index in [0.29, 0.717) is 0 Å². The van der Waals surface area contributed by atoms with E-state index in [0.717, 1.165) is 16.4 Å². The summed E-state index contributed by atoms with van der Waals surface area (Å²) in [4.78, 5) is 0. The van der Waals surface area contributed by atoms with Crippen molar-refractivity contribution >= 4 is 22.0 Å². The Kier molecular flexibility index (Phi) is 3.54. The first kappa shape index (κ1) is 11.5.